The number of esters is 2. The second-order valence-electron chi connectivity index (χ2n) is 7.81. The summed E-state index contributed by atoms with van der Waals surface area (Å²) in [5.41, 5.74) is 13.2. The lowest BCUT2D eigenvalue weighted by atomic mass is 10.0. The molecule has 2 aromatic carbocycles. The van der Waals surface area contributed by atoms with Crippen LogP contribution in [0.15, 0.2) is 60.7 Å². The Kier molecular flexibility index (Phi) is 10.8. The van der Waals surface area contributed by atoms with Gasteiger partial charge in [0.25, 0.3) is 0 Å². The minimum absolute atomic E-state index is 0.0401. The number of ether oxygens (including phenoxy) is 2. The first-order valence-corrected chi connectivity index (χ1v) is 10.7. The molecule has 10 nitrogen and oxygen atoms in total. The zero-order valence-corrected chi connectivity index (χ0v) is 18.5. The molecular weight excluding hydrogens is 444 g/mol. The van der Waals surface area contributed by atoms with Gasteiger partial charge < -0.3 is 41.1 Å². The van der Waals surface area contributed by atoms with E-state index in [0.717, 1.165) is 11.1 Å². The summed E-state index contributed by atoms with van der Waals surface area (Å²) in [7, 11) is 0. The molecule has 0 heterocycles. The minimum Gasteiger partial charge on any atom is -0.462 e. The highest BCUT2D eigenvalue weighted by molar-refractivity contribution is 5.77. The van der Waals surface area contributed by atoms with Crippen LogP contribution in [0.25, 0.3) is 0 Å². The molecule has 0 radical (unpaired) electrons. The first kappa shape index (κ1) is 27.1. The van der Waals surface area contributed by atoms with Crippen molar-refractivity contribution in [2.75, 3.05) is 6.61 Å². The van der Waals surface area contributed by atoms with Gasteiger partial charge in [-0.15, -0.1) is 0 Å². The Balaban J connectivity index is 1.92. The number of aldehydes is 1. The van der Waals surface area contributed by atoms with Crippen molar-refractivity contribution >= 4 is 18.2 Å². The van der Waals surface area contributed by atoms with Gasteiger partial charge in [0.15, 0.2) is 12.4 Å². The Labute approximate surface area is 197 Å². The maximum atomic E-state index is 12.4. The molecule has 0 aliphatic heterocycles. The first-order valence-electron chi connectivity index (χ1n) is 10.7. The number of nitrogens with two attached hydrogens (primary N) is 2. The average Bonchev–Trinajstić information content (AvgIpc) is 2.85. The molecule has 6 atom stereocenters. The molecule has 2 aromatic rings. The quantitative estimate of drug-likeness (QED) is 0.176. The highest BCUT2D eigenvalue weighted by atomic mass is 16.6. The number of carbonyl (C=O) groups is 3. The molecule has 7 N–H and O–H groups in total. The van der Waals surface area contributed by atoms with Crippen LogP contribution in [-0.4, -0.2) is 76.7 Å². The summed E-state index contributed by atoms with van der Waals surface area (Å²) in [6.07, 6.45) is -7.18. The lowest BCUT2D eigenvalue weighted by molar-refractivity contribution is -0.178. The highest BCUT2D eigenvalue weighted by Crippen LogP contribution is 2.13. The molecule has 0 spiro atoms. The zero-order chi connectivity index (χ0) is 25.1. The molecule has 2 rings (SSSR count). The van der Waals surface area contributed by atoms with Gasteiger partial charge in [-0.1, -0.05) is 60.7 Å². The lowest BCUT2D eigenvalue weighted by Gasteiger charge is -2.29. The maximum Gasteiger partial charge on any atom is 0.323 e. The SMILES string of the molecule is N[C@@H](Cc1ccccc1)C(=O)OC[C@@H](O)[C@@H](O)[C@H](OC(=O)[C@@H](N)Cc1ccccc1)[C@@H](O)C=O. The number of hydrogen-bond acceptors (Lipinski definition) is 10. The third-order valence-electron chi connectivity index (χ3n) is 5.06. The van der Waals surface area contributed by atoms with Crippen LogP contribution in [0.4, 0.5) is 0 Å². The van der Waals surface area contributed by atoms with Crippen LogP contribution in [0.2, 0.25) is 0 Å². The molecular formula is C24H30N2O8. The number of rotatable bonds is 13. The van der Waals surface area contributed by atoms with Gasteiger partial charge in [0.2, 0.25) is 0 Å². The number of aliphatic hydroxyl groups excluding tert-OH is 3. The summed E-state index contributed by atoms with van der Waals surface area (Å²) in [5, 5.41) is 30.5. The predicted octanol–water partition coefficient (Wildman–Crippen LogP) is -1.14. The fraction of sp³-hybridized carbons (Fsp3) is 0.375. The van der Waals surface area contributed by atoms with Crippen LogP contribution < -0.4 is 11.5 Å². The smallest absolute Gasteiger partial charge is 0.323 e. The van der Waals surface area contributed by atoms with Crippen molar-refractivity contribution in [1.82, 2.24) is 0 Å². The van der Waals surface area contributed by atoms with Gasteiger partial charge in [-0.05, 0) is 24.0 Å². The Morgan fingerprint density at radius 1 is 0.824 bits per heavy atom. The summed E-state index contributed by atoms with van der Waals surface area (Å²) in [6.45, 7) is -0.710. The van der Waals surface area contributed by atoms with E-state index in [2.05, 4.69) is 0 Å². The van der Waals surface area contributed by atoms with Gasteiger partial charge in [0.1, 0.15) is 37.0 Å². The van der Waals surface area contributed by atoms with E-state index in [9.17, 15) is 29.7 Å². The Hall–Kier alpha value is -3.15. The molecule has 0 aromatic heterocycles. The second kappa shape index (κ2) is 13.5. The van der Waals surface area contributed by atoms with E-state index in [1.165, 1.54) is 0 Å². The van der Waals surface area contributed by atoms with E-state index in [1.807, 2.05) is 6.07 Å². The van der Waals surface area contributed by atoms with Crippen LogP contribution in [0.1, 0.15) is 11.1 Å². The summed E-state index contributed by atoms with van der Waals surface area (Å²) in [5.74, 6) is -1.83. The first-order chi connectivity index (χ1) is 16.2. The molecule has 0 amide bonds. The van der Waals surface area contributed by atoms with Crippen LogP contribution in [-0.2, 0) is 36.7 Å². The van der Waals surface area contributed by atoms with Crippen molar-refractivity contribution in [2.45, 2.75) is 49.3 Å². The monoisotopic (exact) mass is 474 g/mol. The molecule has 0 bridgehead atoms. The van der Waals surface area contributed by atoms with Gasteiger partial charge in [0, 0.05) is 0 Å². The molecule has 10 heteroatoms. The molecule has 0 saturated heterocycles. The summed E-state index contributed by atoms with van der Waals surface area (Å²) in [6, 6.07) is 15.6. The van der Waals surface area contributed by atoms with Crippen LogP contribution in [0, 0.1) is 0 Å². The third-order valence-corrected chi connectivity index (χ3v) is 5.06. The maximum absolute atomic E-state index is 12.4. The van der Waals surface area contributed by atoms with Gasteiger partial charge in [-0.25, -0.2) is 0 Å². The van der Waals surface area contributed by atoms with E-state index in [0.29, 0.717) is 0 Å². The van der Waals surface area contributed by atoms with Crippen molar-refractivity contribution in [3.63, 3.8) is 0 Å². The van der Waals surface area contributed by atoms with Crippen LogP contribution in [0.3, 0.4) is 0 Å². The number of benzene rings is 2. The largest absolute Gasteiger partial charge is 0.462 e. The molecule has 34 heavy (non-hydrogen) atoms. The highest BCUT2D eigenvalue weighted by Gasteiger charge is 2.37. The van der Waals surface area contributed by atoms with Crippen molar-refractivity contribution in [1.29, 1.82) is 0 Å². The molecule has 0 saturated carbocycles. The standard InChI is InChI=1S/C24H30N2O8/c25-17(11-15-7-3-1-4-8-15)23(31)33-14-20(29)21(30)22(19(28)13-27)34-24(32)18(26)12-16-9-5-2-6-10-16/h1-10,13,17-22,28-30H,11-12,14,25-26H2/t17-,18-,19-,20+,21+,22+/m0/s1. The minimum atomic E-state index is -1.95. The lowest BCUT2D eigenvalue weighted by Crippen LogP contribution is -2.51. The Morgan fingerprint density at radius 3 is 1.76 bits per heavy atom. The number of hydrogen-bond donors (Lipinski definition) is 5. The van der Waals surface area contributed by atoms with Crippen molar-refractivity contribution in [3.8, 4) is 0 Å². The van der Waals surface area contributed by atoms with Crippen molar-refractivity contribution in [2.24, 2.45) is 11.5 Å². The van der Waals surface area contributed by atoms with Crippen LogP contribution in [0.5, 0.6) is 0 Å². The average molecular weight is 475 g/mol. The predicted molar refractivity (Wildman–Crippen MR) is 121 cm³/mol. The van der Waals surface area contributed by atoms with Gasteiger partial charge in [-0.3, -0.25) is 9.59 Å². The summed E-state index contributed by atoms with van der Waals surface area (Å²) >= 11 is 0. The molecule has 184 valence electrons. The van der Waals surface area contributed by atoms with E-state index >= 15 is 0 Å². The van der Waals surface area contributed by atoms with Gasteiger partial charge in [0.05, 0.1) is 0 Å². The van der Waals surface area contributed by atoms with Crippen molar-refractivity contribution < 1.29 is 39.2 Å². The van der Waals surface area contributed by atoms with Gasteiger partial charge >= 0.3 is 11.9 Å². The summed E-state index contributed by atoms with van der Waals surface area (Å²) in [4.78, 5) is 35.6. The van der Waals surface area contributed by atoms with E-state index < -0.39 is 55.0 Å². The van der Waals surface area contributed by atoms with E-state index in [4.69, 9.17) is 20.9 Å². The van der Waals surface area contributed by atoms with Gasteiger partial charge in [-0.2, -0.15) is 0 Å². The topological polar surface area (TPSA) is 182 Å². The fourth-order valence-electron chi connectivity index (χ4n) is 3.14. The molecule has 0 fully saturated rings. The molecule has 0 unspecified atom stereocenters. The number of carbonyl (C=O) groups excluding carboxylic acids is 3. The molecule has 0 aliphatic rings. The fourth-order valence-corrected chi connectivity index (χ4v) is 3.14. The van der Waals surface area contributed by atoms with E-state index in [1.54, 1.807) is 54.6 Å². The number of aliphatic hydroxyl groups is 3. The van der Waals surface area contributed by atoms with Crippen molar-refractivity contribution in [3.05, 3.63) is 71.8 Å². The Bertz CT molecular complexity index is 912. The Morgan fingerprint density at radius 2 is 1.29 bits per heavy atom. The molecule has 0 aliphatic carbocycles. The van der Waals surface area contributed by atoms with E-state index in [-0.39, 0.29) is 19.1 Å². The zero-order valence-electron chi connectivity index (χ0n) is 18.5. The third kappa shape index (κ3) is 8.32. The van der Waals surface area contributed by atoms with Crippen LogP contribution >= 0.6 is 0 Å². The normalized spacial score (nSPS) is 16.4. The summed E-state index contributed by atoms with van der Waals surface area (Å²) < 4.78 is 9.98. The second-order valence-corrected chi connectivity index (χ2v) is 7.81.